The van der Waals surface area contributed by atoms with E-state index in [0.29, 0.717) is 37.4 Å². The third-order valence-electron chi connectivity index (χ3n) is 5.12. The molecule has 0 amide bonds. The largest absolute Gasteiger partial charge is 0.483 e. The monoisotopic (exact) mass is 424 g/mol. The van der Waals surface area contributed by atoms with Gasteiger partial charge >= 0.3 is 6.18 Å². The minimum atomic E-state index is -4.50. The fourth-order valence-electron chi connectivity index (χ4n) is 3.67. The molecule has 1 aliphatic rings. The van der Waals surface area contributed by atoms with E-state index in [9.17, 15) is 22.7 Å². The molecule has 0 saturated carbocycles. The number of aliphatic hydroxyl groups is 1. The zero-order valence-electron chi connectivity index (χ0n) is 15.9. The number of rotatable bonds is 5. The van der Waals surface area contributed by atoms with Gasteiger partial charge in [0.15, 0.2) is 6.61 Å². The average Bonchev–Trinajstić information content (AvgIpc) is 3.15. The van der Waals surface area contributed by atoms with Gasteiger partial charge < -0.3 is 19.0 Å². The van der Waals surface area contributed by atoms with E-state index in [-0.39, 0.29) is 22.8 Å². The van der Waals surface area contributed by atoms with Crippen LogP contribution in [0.25, 0.3) is 16.8 Å². The smallest absolute Gasteiger partial charge is 0.422 e. The average molecular weight is 424 g/mol. The number of benzene rings is 1. The second-order valence-electron chi connectivity index (χ2n) is 7.26. The standard InChI is InChI=1S/C21H20F4N2O3/c22-14-9-16(15-3-1-2-4-18(15)30-12-21(23,24)25)20-26-17(11-27(20)10-14)19(28)13-5-7-29-8-6-13/h1-4,9-11,13,19,28H,5-8,12H2. The molecule has 30 heavy (non-hydrogen) atoms. The van der Waals surface area contributed by atoms with Crippen molar-refractivity contribution in [3.8, 4) is 16.9 Å². The fourth-order valence-corrected chi connectivity index (χ4v) is 3.67. The molecule has 5 nitrogen and oxygen atoms in total. The molecule has 0 spiro atoms. The van der Waals surface area contributed by atoms with Crippen molar-refractivity contribution in [1.82, 2.24) is 9.38 Å². The highest BCUT2D eigenvalue weighted by molar-refractivity contribution is 5.81. The molecule has 160 valence electrons. The lowest BCUT2D eigenvalue weighted by Crippen LogP contribution is -2.22. The molecule has 4 rings (SSSR count). The van der Waals surface area contributed by atoms with E-state index in [2.05, 4.69) is 4.98 Å². The fraction of sp³-hybridized carbons (Fsp3) is 0.381. The number of ether oxygens (including phenoxy) is 2. The molecule has 1 unspecified atom stereocenters. The molecule has 1 aliphatic heterocycles. The van der Waals surface area contributed by atoms with Gasteiger partial charge in [-0.1, -0.05) is 18.2 Å². The van der Waals surface area contributed by atoms with Crippen molar-refractivity contribution in [2.45, 2.75) is 25.1 Å². The van der Waals surface area contributed by atoms with Crippen molar-refractivity contribution in [3.05, 3.63) is 54.2 Å². The van der Waals surface area contributed by atoms with Crippen molar-refractivity contribution >= 4 is 5.65 Å². The van der Waals surface area contributed by atoms with Crippen molar-refractivity contribution in [2.24, 2.45) is 5.92 Å². The van der Waals surface area contributed by atoms with Crippen LogP contribution in [-0.4, -0.2) is 40.5 Å². The van der Waals surface area contributed by atoms with Gasteiger partial charge in [-0.25, -0.2) is 9.37 Å². The molecule has 9 heteroatoms. The number of hydrogen-bond donors (Lipinski definition) is 1. The normalized spacial score (nSPS) is 16.7. The van der Waals surface area contributed by atoms with E-state index < -0.39 is 24.7 Å². The molecule has 3 aromatic rings. The predicted octanol–water partition coefficient (Wildman–Crippen LogP) is 4.54. The zero-order valence-corrected chi connectivity index (χ0v) is 15.9. The van der Waals surface area contributed by atoms with Crippen LogP contribution in [0.1, 0.15) is 24.6 Å². The second-order valence-corrected chi connectivity index (χ2v) is 7.26. The number of aliphatic hydroxyl groups excluding tert-OH is 1. The minimum Gasteiger partial charge on any atom is -0.483 e. The number of nitrogens with zero attached hydrogens (tertiary/aromatic N) is 2. The Balaban J connectivity index is 1.74. The summed E-state index contributed by atoms with van der Waals surface area (Å²) in [5.74, 6) is -0.649. The van der Waals surface area contributed by atoms with Crippen LogP contribution >= 0.6 is 0 Å². The molecule has 0 aliphatic carbocycles. The number of alkyl halides is 3. The van der Waals surface area contributed by atoms with Gasteiger partial charge in [0.2, 0.25) is 0 Å². The molecule has 1 fully saturated rings. The first-order valence-electron chi connectivity index (χ1n) is 9.55. The zero-order chi connectivity index (χ0) is 21.3. The van der Waals surface area contributed by atoms with E-state index in [1.54, 1.807) is 18.3 Å². The number of halogens is 4. The Morgan fingerprint density at radius 2 is 1.90 bits per heavy atom. The first-order chi connectivity index (χ1) is 14.3. The van der Waals surface area contributed by atoms with Gasteiger partial charge in [-0.05, 0) is 30.9 Å². The lowest BCUT2D eigenvalue weighted by atomic mass is 9.92. The molecule has 0 radical (unpaired) electrons. The number of fused-ring (bicyclic) bond motifs is 1. The lowest BCUT2D eigenvalue weighted by molar-refractivity contribution is -0.153. The number of pyridine rings is 1. The van der Waals surface area contributed by atoms with Crippen molar-refractivity contribution in [2.75, 3.05) is 19.8 Å². The van der Waals surface area contributed by atoms with Gasteiger partial charge in [0.1, 0.15) is 23.3 Å². The summed E-state index contributed by atoms with van der Waals surface area (Å²) in [6, 6.07) is 7.30. The minimum absolute atomic E-state index is 0.0284. The van der Waals surface area contributed by atoms with E-state index in [4.69, 9.17) is 9.47 Å². The molecule has 0 bridgehead atoms. The Labute approximate surface area is 169 Å². The van der Waals surface area contributed by atoms with Crippen LogP contribution in [0.3, 0.4) is 0 Å². The maximum atomic E-state index is 14.3. The van der Waals surface area contributed by atoms with Crippen molar-refractivity contribution < 1.29 is 32.1 Å². The molecule has 1 saturated heterocycles. The van der Waals surface area contributed by atoms with Gasteiger partial charge in [0.05, 0.1) is 5.69 Å². The number of para-hydroxylation sites is 1. The summed E-state index contributed by atoms with van der Waals surface area (Å²) in [5, 5.41) is 10.7. The van der Waals surface area contributed by atoms with E-state index in [0.717, 1.165) is 0 Å². The number of aromatic nitrogens is 2. The summed E-state index contributed by atoms with van der Waals surface area (Å²) in [5.41, 5.74) is 1.25. The van der Waals surface area contributed by atoms with Gasteiger partial charge in [-0.2, -0.15) is 13.2 Å². The summed E-state index contributed by atoms with van der Waals surface area (Å²) in [6.45, 7) is -0.352. The van der Waals surface area contributed by atoms with Crippen LogP contribution in [0.15, 0.2) is 42.7 Å². The third-order valence-corrected chi connectivity index (χ3v) is 5.12. The maximum Gasteiger partial charge on any atom is 0.422 e. The number of imidazole rings is 1. The van der Waals surface area contributed by atoms with Crippen LogP contribution in [0, 0.1) is 11.7 Å². The molecular weight excluding hydrogens is 404 g/mol. The summed E-state index contributed by atoms with van der Waals surface area (Å²) >= 11 is 0. The number of hydrogen-bond acceptors (Lipinski definition) is 4. The highest BCUT2D eigenvalue weighted by atomic mass is 19.4. The van der Waals surface area contributed by atoms with E-state index >= 15 is 0 Å². The van der Waals surface area contributed by atoms with Crippen LogP contribution < -0.4 is 4.74 Å². The molecular formula is C21H20F4N2O3. The van der Waals surface area contributed by atoms with Crippen molar-refractivity contribution in [1.29, 1.82) is 0 Å². The Morgan fingerprint density at radius 1 is 1.17 bits per heavy atom. The van der Waals surface area contributed by atoms with Crippen LogP contribution in [0.2, 0.25) is 0 Å². The van der Waals surface area contributed by atoms with Crippen LogP contribution in [-0.2, 0) is 4.74 Å². The molecule has 1 aromatic carbocycles. The Bertz CT molecular complexity index is 1030. The third kappa shape index (κ3) is 4.41. The SMILES string of the molecule is OC(c1cn2cc(F)cc(-c3ccccc3OCC(F)(F)F)c2n1)C1CCOCC1. The van der Waals surface area contributed by atoms with Crippen LogP contribution in [0.5, 0.6) is 5.75 Å². The Morgan fingerprint density at radius 3 is 2.63 bits per heavy atom. The Kier molecular flexibility index (Phi) is 5.66. The summed E-state index contributed by atoms with van der Waals surface area (Å²) in [6.07, 6.45) is -1.22. The highest BCUT2D eigenvalue weighted by Crippen LogP contribution is 2.36. The summed E-state index contributed by atoms with van der Waals surface area (Å²) < 4.78 is 63.9. The van der Waals surface area contributed by atoms with Gasteiger partial charge in [-0.15, -0.1) is 0 Å². The molecule has 3 heterocycles. The molecule has 2 aromatic heterocycles. The Hall–Kier alpha value is -2.65. The van der Waals surface area contributed by atoms with E-state index in [1.807, 2.05) is 0 Å². The molecule has 1 atom stereocenters. The van der Waals surface area contributed by atoms with Gasteiger partial charge in [0, 0.05) is 36.7 Å². The second kappa shape index (κ2) is 8.23. The van der Waals surface area contributed by atoms with Crippen molar-refractivity contribution in [3.63, 3.8) is 0 Å². The summed E-state index contributed by atoms with van der Waals surface area (Å²) in [4.78, 5) is 4.48. The predicted molar refractivity (Wildman–Crippen MR) is 101 cm³/mol. The summed E-state index contributed by atoms with van der Waals surface area (Å²) in [7, 11) is 0. The first-order valence-corrected chi connectivity index (χ1v) is 9.55. The topological polar surface area (TPSA) is 56.0 Å². The lowest BCUT2D eigenvalue weighted by Gasteiger charge is -2.25. The van der Waals surface area contributed by atoms with Gasteiger partial charge in [0.25, 0.3) is 0 Å². The van der Waals surface area contributed by atoms with Gasteiger partial charge in [-0.3, -0.25) is 0 Å². The maximum absolute atomic E-state index is 14.3. The molecule has 1 N–H and O–H groups in total. The quantitative estimate of drug-likeness (QED) is 0.611. The highest BCUT2D eigenvalue weighted by Gasteiger charge is 2.29. The first kappa shape index (κ1) is 20.6. The van der Waals surface area contributed by atoms with Crippen LogP contribution in [0.4, 0.5) is 17.6 Å². The van der Waals surface area contributed by atoms with E-state index in [1.165, 1.54) is 28.8 Å².